The first kappa shape index (κ1) is 23.4. The minimum Gasteiger partial charge on any atom is -0.383 e. The molecule has 0 fully saturated rings. The number of likely N-dealkylation sites (N-methyl/N-ethyl adjacent to an activating group) is 1. The van der Waals surface area contributed by atoms with E-state index in [-0.39, 0.29) is 24.1 Å². The van der Waals surface area contributed by atoms with Crippen molar-refractivity contribution in [1.82, 2.24) is 24.6 Å². The highest BCUT2D eigenvalue weighted by atomic mass is 32.2. The Morgan fingerprint density at radius 2 is 1.84 bits per heavy atom. The zero-order chi connectivity index (χ0) is 22.9. The van der Waals surface area contributed by atoms with E-state index in [1.165, 1.54) is 16.7 Å². The standard InChI is InChI=1S/C22H26N6O3S/c1-16-4-6-18(7-5-16)24-19(29)14-27(2)20(30)15-32-22-26-25-21(28(22)12-13-31-3)17-8-10-23-11-9-17/h4-11H,12-15H2,1-3H3,(H,24,29). The van der Waals surface area contributed by atoms with Crippen LogP contribution < -0.4 is 5.32 Å². The molecule has 3 aromatic rings. The number of hydrogen-bond acceptors (Lipinski definition) is 7. The van der Waals surface area contributed by atoms with Gasteiger partial charge in [-0.05, 0) is 31.2 Å². The average molecular weight is 455 g/mol. The summed E-state index contributed by atoms with van der Waals surface area (Å²) >= 11 is 1.28. The van der Waals surface area contributed by atoms with E-state index in [2.05, 4.69) is 20.5 Å². The Hall–Kier alpha value is -3.24. The summed E-state index contributed by atoms with van der Waals surface area (Å²) in [4.78, 5) is 30.3. The Balaban J connectivity index is 1.59. The second-order valence-electron chi connectivity index (χ2n) is 7.14. The fraction of sp³-hybridized carbons (Fsp3) is 0.318. The van der Waals surface area contributed by atoms with Gasteiger partial charge < -0.3 is 15.0 Å². The maximum absolute atomic E-state index is 12.6. The van der Waals surface area contributed by atoms with Crippen LogP contribution in [0.15, 0.2) is 53.9 Å². The molecule has 32 heavy (non-hydrogen) atoms. The highest BCUT2D eigenvalue weighted by molar-refractivity contribution is 7.99. The zero-order valence-electron chi connectivity index (χ0n) is 18.3. The molecule has 2 aromatic heterocycles. The molecule has 0 aliphatic carbocycles. The summed E-state index contributed by atoms with van der Waals surface area (Å²) in [6.07, 6.45) is 3.38. The fourth-order valence-corrected chi connectivity index (χ4v) is 3.78. The lowest BCUT2D eigenvalue weighted by Gasteiger charge is -2.17. The molecule has 0 spiro atoms. The third-order valence-corrected chi connectivity index (χ3v) is 5.59. The van der Waals surface area contributed by atoms with Crippen LogP contribution in [0.5, 0.6) is 0 Å². The average Bonchev–Trinajstić information content (AvgIpc) is 3.20. The lowest BCUT2D eigenvalue weighted by molar-refractivity contribution is -0.131. The van der Waals surface area contributed by atoms with Crippen molar-refractivity contribution >= 4 is 29.3 Å². The number of rotatable bonds is 10. The van der Waals surface area contributed by atoms with E-state index in [9.17, 15) is 9.59 Å². The van der Waals surface area contributed by atoms with E-state index < -0.39 is 0 Å². The van der Waals surface area contributed by atoms with Crippen LogP contribution in [-0.4, -0.2) is 69.5 Å². The van der Waals surface area contributed by atoms with Crippen LogP contribution in [0.4, 0.5) is 5.69 Å². The smallest absolute Gasteiger partial charge is 0.243 e. The second-order valence-corrected chi connectivity index (χ2v) is 8.08. The van der Waals surface area contributed by atoms with E-state index in [1.54, 1.807) is 26.6 Å². The van der Waals surface area contributed by atoms with Gasteiger partial charge in [0.25, 0.3) is 0 Å². The van der Waals surface area contributed by atoms with Crippen LogP contribution in [-0.2, 0) is 20.9 Å². The van der Waals surface area contributed by atoms with Gasteiger partial charge in [0, 0.05) is 37.8 Å². The molecular weight excluding hydrogens is 428 g/mol. The molecule has 168 valence electrons. The van der Waals surface area contributed by atoms with Crippen LogP contribution in [0.3, 0.4) is 0 Å². The maximum atomic E-state index is 12.6. The number of hydrogen-bond donors (Lipinski definition) is 1. The van der Waals surface area contributed by atoms with E-state index in [0.717, 1.165) is 11.1 Å². The molecule has 3 rings (SSSR count). The molecular formula is C22H26N6O3S. The molecule has 10 heteroatoms. The van der Waals surface area contributed by atoms with Gasteiger partial charge in [0.05, 0.1) is 25.4 Å². The predicted octanol–water partition coefficient (Wildman–Crippen LogP) is 2.48. The highest BCUT2D eigenvalue weighted by Gasteiger charge is 2.18. The molecule has 2 heterocycles. The number of amides is 2. The summed E-state index contributed by atoms with van der Waals surface area (Å²) in [5.41, 5.74) is 2.69. The third kappa shape index (κ3) is 6.38. The van der Waals surface area contributed by atoms with Gasteiger partial charge in [-0.1, -0.05) is 29.5 Å². The number of aryl methyl sites for hydroxylation is 1. The predicted molar refractivity (Wildman–Crippen MR) is 123 cm³/mol. The van der Waals surface area contributed by atoms with Gasteiger partial charge in [-0.2, -0.15) is 0 Å². The van der Waals surface area contributed by atoms with Crippen molar-refractivity contribution < 1.29 is 14.3 Å². The van der Waals surface area contributed by atoms with Gasteiger partial charge >= 0.3 is 0 Å². The van der Waals surface area contributed by atoms with Gasteiger partial charge in [0.2, 0.25) is 11.8 Å². The fourth-order valence-electron chi connectivity index (χ4n) is 2.87. The van der Waals surface area contributed by atoms with E-state index >= 15 is 0 Å². The molecule has 0 atom stereocenters. The Kier molecular flexibility index (Phi) is 8.34. The summed E-state index contributed by atoms with van der Waals surface area (Å²) in [6.45, 7) is 2.97. The Labute approximate surface area is 191 Å². The molecule has 0 aliphatic rings. The summed E-state index contributed by atoms with van der Waals surface area (Å²) in [6, 6.07) is 11.2. The van der Waals surface area contributed by atoms with Crippen molar-refractivity contribution in [1.29, 1.82) is 0 Å². The molecule has 0 radical (unpaired) electrons. The molecule has 1 N–H and O–H groups in total. The largest absolute Gasteiger partial charge is 0.383 e. The SMILES string of the molecule is COCCn1c(SCC(=O)N(C)CC(=O)Nc2ccc(C)cc2)nnc1-c1ccncc1. The van der Waals surface area contributed by atoms with Crippen LogP contribution >= 0.6 is 11.8 Å². The first-order valence-electron chi connectivity index (χ1n) is 10.0. The number of carbonyl (C=O) groups excluding carboxylic acids is 2. The Morgan fingerprint density at radius 3 is 2.53 bits per heavy atom. The summed E-state index contributed by atoms with van der Waals surface area (Å²) in [7, 11) is 3.24. The molecule has 9 nitrogen and oxygen atoms in total. The Morgan fingerprint density at radius 1 is 1.12 bits per heavy atom. The molecule has 0 unspecified atom stereocenters. The number of aromatic nitrogens is 4. The topological polar surface area (TPSA) is 102 Å². The number of benzene rings is 1. The number of nitrogens with one attached hydrogen (secondary N) is 1. The number of thioether (sulfide) groups is 1. The highest BCUT2D eigenvalue weighted by Crippen LogP contribution is 2.23. The lowest BCUT2D eigenvalue weighted by atomic mass is 10.2. The monoisotopic (exact) mass is 454 g/mol. The van der Waals surface area contributed by atoms with Crippen LogP contribution in [0.25, 0.3) is 11.4 Å². The van der Waals surface area contributed by atoms with Crippen molar-refractivity contribution in [2.75, 3.05) is 38.4 Å². The molecule has 0 saturated heterocycles. The van der Waals surface area contributed by atoms with E-state index in [4.69, 9.17) is 4.74 Å². The van der Waals surface area contributed by atoms with Gasteiger partial charge in [0.15, 0.2) is 11.0 Å². The van der Waals surface area contributed by atoms with E-state index in [1.807, 2.05) is 47.9 Å². The van der Waals surface area contributed by atoms with Crippen LogP contribution in [0, 0.1) is 6.92 Å². The van der Waals surface area contributed by atoms with Gasteiger partial charge in [-0.15, -0.1) is 10.2 Å². The Bertz CT molecular complexity index is 1040. The molecule has 0 bridgehead atoms. The minimum absolute atomic E-state index is 0.0358. The number of methoxy groups -OCH3 is 1. The van der Waals surface area contributed by atoms with Crippen molar-refractivity contribution in [3.63, 3.8) is 0 Å². The van der Waals surface area contributed by atoms with Crippen LogP contribution in [0.1, 0.15) is 5.56 Å². The quantitative estimate of drug-likeness (QED) is 0.470. The number of pyridine rings is 1. The minimum atomic E-state index is -0.252. The number of carbonyl (C=O) groups is 2. The molecule has 1 aromatic carbocycles. The van der Waals surface area contributed by atoms with Crippen molar-refractivity contribution in [2.45, 2.75) is 18.6 Å². The summed E-state index contributed by atoms with van der Waals surface area (Å²) < 4.78 is 7.12. The first-order chi connectivity index (χ1) is 15.5. The van der Waals surface area contributed by atoms with E-state index in [0.29, 0.717) is 29.8 Å². The summed E-state index contributed by atoms with van der Waals surface area (Å²) in [5.74, 6) is 0.388. The van der Waals surface area contributed by atoms with Crippen LogP contribution in [0.2, 0.25) is 0 Å². The molecule has 0 saturated carbocycles. The maximum Gasteiger partial charge on any atom is 0.243 e. The number of anilines is 1. The van der Waals surface area contributed by atoms with Crippen molar-refractivity contribution in [3.05, 3.63) is 54.4 Å². The van der Waals surface area contributed by atoms with Gasteiger partial charge in [-0.25, -0.2) is 0 Å². The number of ether oxygens (including phenoxy) is 1. The summed E-state index contributed by atoms with van der Waals surface area (Å²) in [5, 5.41) is 11.9. The van der Waals surface area contributed by atoms with Crippen molar-refractivity contribution in [3.8, 4) is 11.4 Å². The third-order valence-electron chi connectivity index (χ3n) is 4.64. The zero-order valence-corrected chi connectivity index (χ0v) is 19.1. The second kappa shape index (κ2) is 11.4. The number of nitrogens with zero attached hydrogens (tertiary/aromatic N) is 5. The molecule has 0 aliphatic heterocycles. The van der Waals surface area contributed by atoms with Crippen molar-refractivity contribution in [2.24, 2.45) is 0 Å². The van der Waals surface area contributed by atoms with Gasteiger partial charge in [-0.3, -0.25) is 19.1 Å². The normalized spacial score (nSPS) is 10.7. The lowest BCUT2D eigenvalue weighted by Crippen LogP contribution is -2.36. The van der Waals surface area contributed by atoms with Gasteiger partial charge in [0.1, 0.15) is 0 Å². The molecule has 2 amide bonds. The first-order valence-corrected chi connectivity index (χ1v) is 11.0.